The summed E-state index contributed by atoms with van der Waals surface area (Å²) in [5.74, 6) is 0. The number of aliphatic hydroxyl groups excluding tert-OH is 1. The minimum Gasteiger partial charge on any atom is -0.395 e. The summed E-state index contributed by atoms with van der Waals surface area (Å²) in [6.07, 6.45) is 0. The molecule has 0 bridgehead atoms. The van der Waals surface area contributed by atoms with Gasteiger partial charge in [0.25, 0.3) is 0 Å². The van der Waals surface area contributed by atoms with Crippen molar-refractivity contribution in [2.24, 2.45) is 0 Å². The number of hydrogen-bond donors (Lipinski definition) is 1. The summed E-state index contributed by atoms with van der Waals surface area (Å²) < 4.78 is 27.1. The topological polar surface area (TPSA) is 81.4 Å². The molecule has 23 heavy (non-hydrogen) atoms. The third-order valence-corrected chi connectivity index (χ3v) is 5.47. The van der Waals surface area contributed by atoms with Crippen LogP contribution in [0.3, 0.4) is 0 Å². The van der Waals surface area contributed by atoms with Crippen molar-refractivity contribution < 1.29 is 13.5 Å². The van der Waals surface area contributed by atoms with Gasteiger partial charge in [-0.2, -0.15) is 9.57 Å². The molecule has 120 valence electrons. The van der Waals surface area contributed by atoms with E-state index >= 15 is 0 Å². The lowest BCUT2D eigenvalue weighted by Gasteiger charge is -2.22. The van der Waals surface area contributed by atoms with Crippen LogP contribution in [0.4, 0.5) is 0 Å². The highest BCUT2D eigenvalue weighted by molar-refractivity contribution is 7.89. The molecule has 2 rings (SSSR count). The van der Waals surface area contributed by atoms with Crippen molar-refractivity contribution in [1.82, 2.24) is 4.31 Å². The summed E-state index contributed by atoms with van der Waals surface area (Å²) in [5.41, 5.74) is 1.69. The fourth-order valence-corrected chi connectivity index (χ4v) is 3.94. The van der Waals surface area contributed by atoms with Crippen LogP contribution in [0.2, 0.25) is 0 Å². The summed E-state index contributed by atoms with van der Waals surface area (Å²) in [4.78, 5) is 0.0981. The Kier molecular flexibility index (Phi) is 5.50. The van der Waals surface area contributed by atoms with E-state index in [0.29, 0.717) is 5.56 Å². The van der Waals surface area contributed by atoms with Crippen LogP contribution >= 0.6 is 0 Å². The van der Waals surface area contributed by atoms with Gasteiger partial charge in [-0.25, -0.2) is 8.42 Å². The van der Waals surface area contributed by atoms with E-state index < -0.39 is 10.0 Å². The summed E-state index contributed by atoms with van der Waals surface area (Å²) in [6.45, 7) is 1.57. The van der Waals surface area contributed by atoms with Gasteiger partial charge in [-0.05, 0) is 30.2 Å². The largest absolute Gasteiger partial charge is 0.395 e. The molecule has 0 radical (unpaired) electrons. The minimum atomic E-state index is -3.80. The van der Waals surface area contributed by atoms with Gasteiger partial charge < -0.3 is 5.11 Å². The highest BCUT2D eigenvalue weighted by Crippen LogP contribution is 2.22. The standard InChI is InChI=1S/C17H18N2O3S/c1-14-7-8-16(12-18)11-17(14)23(21,22)19(9-10-20)13-15-5-3-2-4-6-15/h2-8,11,20H,9-10,13H2,1H3. The molecule has 2 aromatic carbocycles. The second-order valence-electron chi connectivity index (χ2n) is 5.14. The molecule has 0 heterocycles. The van der Waals surface area contributed by atoms with Crippen molar-refractivity contribution in [3.63, 3.8) is 0 Å². The second-order valence-corrected chi connectivity index (χ2v) is 7.05. The maximum atomic E-state index is 12.9. The van der Waals surface area contributed by atoms with Crippen LogP contribution in [0.1, 0.15) is 16.7 Å². The average molecular weight is 330 g/mol. The van der Waals surface area contributed by atoms with Crippen molar-refractivity contribution in [1.29, 1.82) is 5.26 Å². The lowest BCUT2D eigenvalue weighted by Crippen LogP contribution is -2.33. The van der Waals surface area contributed by atoms with E-state index in [4.69, 9.17) is 5.26 Å². The first-order chi connectivity index (χ1) is 11.0. The molecule has 0 aliphatic rings. The maximum absolute atomic E-state index is 12.9. The highest BCUT2D eigenvalue weighted by Gasteiger charge is 2.26. The van der Waals surface area contributed by atoms with Gasteiger partial charge in [0.1, 0.15) is 0 Å². The summed E-state index contributed by atoms with van der Waals surface area (Å²) in [6, 6.07) is 15.7. The van der Waals surface area contributed by atoms with Gasteiger partial charge in [0.05, 0.1) is 23.1 Å². The molecular weight excluding hydrogens is 312 g/mol. The molecule has 0 saturated carbocycles. The smallest absolute Gasteiger partial charge is 0.243 e. The first kappa shape index (κ1) is 17.2. The summed E-state index contributed by atoms with van der Waals surface area (Å²) in [7, 11) is -3.80. The van der Waals surface area contributed by atoms with Gasteiger partial charge in [0.2, 0.25) is 10.0 Å². The monoisotopic (exact) mass is 330 g/mol. The van der Waals surface area contributed by atoms with Gasteiger partial charge in [-0.15, -0.1) is 0 Å². The lowest BCUT2D eigenvalue weighted by atomic mass is 10.2. The zero-order valence-corrected chi connectivity index (χ0v) is 13.6. The molecule has 2 aromatic rings. The number of benzene rings is 2. The first-order valence-electron chi connectivity index (χ1n) is 7.14. The normalized spacial score (nSPS) is 11.4. The minimum absolute atomic E-state index is 0.00650. The van der Waals surface area contributed by atoms with Crippen molar-refractivity contribution in [2.75, 3.05) is 13.2 Å². The summed E-state index contributed by atoms with van der Waals surface area (Å²) >= 11 is 0. The number of aryl methyl sites for hydroxylation is 1. The van der Waals surface area contributed by atoms with Crippen molar-refractivity contribution in [2.45, 2.75) is 18.4 Å². The Labute approximate surface area is 136 Å². The molecule has 0 aromatic heterocycles. The van der Waals surface area contributed by atoms with Crippen LogP contribution in [0.5, 0.6) is 0 Å². The maximum Gasteiger partial charge on any atom is 0.243 e. The second kappa shape index (κ2) is 7.38. The zero-order valence-electron chi connectivity index (χ0n) is 12.8. The highest BCUT2D eigenvalue weighted by atomic mass is 32.2. The molecule has 0 fully saturated rings. The zero-order chi connectivity index (χ0) is 16.9. The van der Waals surface area contributed by atoms with E-state index in [1.165, 1.54) is 10.4 Å². The van der Waals surface area contributed by atoms with E-state index in [1.54, 1.807) is 19.1 Å². The number of nitriles is 1. The Hall–Kier alpha value is -2.20. The molecule has 0 aliphatic carbocycles. The molecule has 0 atom stereocenters. The molecule has 6 heteroatoms. The first-order valence-corrected chi connectivity index (χ1v) is 8.58. The van der Waals surface area contributed by atoms with E-state index in [2.05, 4.69) is 0 Å². The Morgan fingerprint density at radius 2 is 1.87 bits per heavy atom. The number of rotatable bonds is 6. The Bertz CT molecular complexity index is 811. The lowest BCUT2D eigenvalue weighted by molar-refractivity contribution is 0.251. The Morgan fingerprint density at radius 3 is 2.48 bits per heavy atom. The van der Waals surface area contributed by atoms with E-state index in [1.807, 2.05) is 36.4 Å². The van der Waals surface area contributed by atoms with Gasteiger partial charge >= 0.3 is 0 Å². The van der Waals surface area contributed by atoms with Crippen LogP contribution in [0.15, 0.2) is 53.4 Å². The Morgan fingerprint density at radius 1 is 1.17 bits per heavy atom. The van der Waals surface area contributed by atoms with Crippen molar-refractivity contribution in [3.8, 4) is 6.07 Å². The van der Waals surface area contributed by atoms with Gasteiger partial charge in [0, 0.05) is 13.1 Å². The van der Waals surface area contributed by atoms with E-state index in [9.17, 15) is 13.5 Å². The number of nitrogens with zero attached hydrogens (tertiary/aromatic N) is 2. The van der Waals surface area contributed by atoms with E-state index in [-0.39, 0.29) is 30.2 Å². The molecule has 1 N–H and O–H groups in total. The number of sulfonamides is 1. The molecule has 0 aliphatic heterocycles. The predicted molar refractivity (Wildman–Crippen MR) is 87.0 cm³/mol. The average Bonchev–Trinajstić information content (AvgIpc) is 2.55. The molecule has 0 unspecified atom stereocenters. The van der Waals surface area contributed by atoms with Gasteiger partial charge in [0.15, 0.2) is 0 Å². The van der Waals surface area contributed by atoms with Crippen LogP contribution in [0, 0.1) is 18.3 Å². The molecule has 0 spiro atoms. The predicted octanol–water partition coefficient (Wildman–Crippen LogP) is 2.05. The van der Waals surface area contributed by atoms with Crippen LogP contribution < -0.4 is 0 Å². The van der Waals surface area contributed by atoms with Crippen molar-refractivity contribution >= 4 is 10.0 Å². The van der Waals surface area contributed by atoms with E-state index in [0.717, 1.165) is 5.56 Å². The van der Waals surface area contributed by atoms with Gasteiger partial charge in [-0.3, -0.25) is 0 Å². The van der Waals surface area contributed by atoms with Crippen LogP contribution in [-0.4, -0.2) is 31.0 Å². The third-order valence-electron chi connectivity index (χ3n) is 3.49. The molecule has 0 saturated heterocycles. The quantitative estimate of drug-likeness (QED) is 0.879. The fourth-order valence-electron chi connectivity index (χ4n) is 2.27. The molecule has 5 nitrogen and oxygen atoms in total. The Balaban J connectivity index is 2.43. The van der Waals surface area contributed by atoms with Crippen LogP contribution in [-0.2, 0) is 16.6 Å². The summed E-state index contributed by atoms with van der Waals surface area (Å²) in [5, 5.41) is 18.2. The number of hydrogen-bond acceptors (Lipinski definition) is 4. The van der Waals surface area contributed by atoms with Crippen LogP contribution in [0.25, 0.3) is 0 Å². The number of aliphatic hydroxyl groups is 1. The molecular formula is C17H18N2O3S. The third kappa shape index (κ3) is 3.96. The SMILES string of the molecule is Cc1ccc(C#N)cc1S(=O)(=O)N(CCO)Cc1ccccc1. The van der Waals surface area contributed by atoms with Crippen molar-refractivity contribution in [3.05, 3.63) is 65.2 Å². The van der Waals surface area contributed by atoms with Gasteiger partial charge in [-0.1, -0.05) is 36.4 Å². The fraction of sp³-hybridized carbons (Fsp3) is 0.235. The molecule has 0 amide bonds.